The summed E-state index contributed by atoms with van der Waals surface area (Å²) in [5, 5.41) is 8.87. The Morgan fingerprint density at radius 2 is 2.10 bits per heavy atom. The van der Waals surface area contributed by atoms with Crippen molar-refractivity contribution < 1.29 is 4.74 Å². The summed E-state index contributed by atoms with van der Waals surface area (Å²) < 4.78 is 5.31. The number of nitriles is 1. The molecule has 1 aromatic rings. The third-order valence-corrected chi connectivity index (χ3v) is 3.03. The first-order valence-corrected chi connectivity index (χ1v) is 6.55. The smallest absolute Gasteiger partial charge is 0.232 e. The minimum atomic E-state index is -0.107. The van der Waals surface area contributed by atoms with Crippen LogP contribution >= 0.6 is 0 Å². The quantitative estimate of drug-likeness (QED) is 0.812. The number of aromatic nitrogens is 3. The third-order valence-electron chi connectivity index (χ3n) is 3.03. The van der Waals surface area contributed by atoms with Crippen LogP contribution in [0.3, 0.4) is 0 Å². The van der Waals surface area contributed by atoms with Crippen molar-refractivity contribution in [2.24, 2.45) is 5.92 Å². The van der Waals surface area contributed by atoms with Crippen LogP contribution in [0.4, 0.5) is 17.8 Å². The highest BCUT2D eigenvalue weighted by atomic mass is 16.5. The zero-order chi connectivity index (χ0) is 14.5. The van der Waals surface area contributed by atoms with Gasteiger partial charge in [-0.2, -0.15) is 20.2 Å². The van der Waals surface area contributed by atoms with E-state index in [0.717, 1.165) is 13.1 Å². The van der Waals surface area contributed by atoms with Crippen molar-refractivity contribution in [2.75, 3.05) is 55.4 Å². The zero-order valence-electron chi connectivity index (χ0n) is 11.8. The maximum atomic E-state index is 8.87. The van der Waals surface area contributed by atoms with Crippen LogP contribution in [-0.2, 0) is 4.74 Å². The van der Waals surface area contributed by atoms with Gasteiger partial charge >= 0.3 is 0 Å². The molecule has 8 nitrogen and oxygen atoms in total. The second kappa shape index (κ2) is 6.34. The van der Waals surface area contributed by atoms with E-state index in [4.69, 9.17) is 15.7 Å². The number of hydrogen-bond donors (Lipinski definition) is 1. The van der Waals surface area contributed by atoms with Gasteiger partial charge in [-0.15, -0.1) is 0 Å². The van der Waals surface area contributed by atoms with Crippen LogP contribution in [0.15, 0.2) is 0 Å². The van der Waals surface area contributed by atoms with Gasteiger partial charge in [0, 0.05) is 26.7 Å². The standard InChI is InChI=1S/C12H19N7O/c1-9(7-13)8-18(2)11-15-10(14)16-12(17-11)19-3-5-20-6-4-19/h9H,3-6,8H2,1-2H3,(H2,14,15,16,17). The first-order chi connectivity index (χ1) is 9.60. The van der Waals surface area contributed by atoms with E-state index in [0.29, 0.717) is 31.7 Å². The normalized spacial score (nSPS) is 16.6. The average molecular weight is 277 g/mol. The van der Waals surface area contributed by atoms with Gasteiger partial charge in [-0.1, -0.05) is 0 Å². The maximum Gasteiger partial charge on any atom is 0.232 e. The van der Waals surface area contributed by atoms with Gasteiger partial charge in [0.1, 0.15) is 0 Å². The van der Waals surface area contributed by atoms with E-state index in [1.165, 1.54) is 0 Å². The van der Waals surface area contributed by atoms with Crippen molar-refractivity contribution >= 4 is 17.8 Å². The molecule has 1 fully saturated rings. The number of ether oxygens (including phenoxy) is 1. The monoisotopic (exact) mass is 277 g/mol. The number of morpholine rings is 1. The van der Waals surface area contributed by atoms with Gasteiger partial charge in [0.05, 0.1) is 25.2 Å². The van der Waals surface area contributed by atoms with Crippen molar-refractivity contribution in [3.8, 4) is 6.07 Å². The number of rotatable bonds is 4. The molecule has 0 aliphatic carbocycles. The van der Waals surface area contributed by atoms with Crippen LogP contribution in [0.1, 0.15) is 6.92 Å². The fourth-order valence-corrected chi connectivity index (χ4v) is 1.98. The number of nitrogen functional groups attached to an aromatic ring is 1. The highest BCUT2D eigenvalue weighted by Crippen LogP contribution is 2.16. The summed E-state index contributed by atoms with van der Waals surface area (Å²) in [4.78, 5) is 16.6. The van der Waals surface area contributed by atoms with Gasteiger partial charge in [0.2, 0.25) is 17.8 Å². The summed E-state index contributed by atoms with van der Waals surface area (Å²) in [6.07, 6.45) is 0. The minimum Gasteiger partial charge on any atom is -0.378 e. The summed E-state index contributed by atoms with van der Waals surface area (Å²) in [6.45, 7) is 5.18. The first kappa shape index (κ1) is 14.3. The molecule has 20 heavy (non-hydrogen) atoms. The van der Waals surface area contributed by atoms with Crippen LogP contribution in [0.25, 0.3) is 0 Å². The van der Waals surface area contributed by atoms with Gasteiger partial charge in [-0.3, -0.25) is 0 Å². The molecule has 1 unspecified atom stereocenters. The topological polar surface area (TPSA) is 104 Å². The van der Waals surface area contributed by atoms with Crippen molar-refractivity contribution in [3.63, 3.8) is 0 Å². The van der Waals surface area contributed by atoms with Gasteiger partial charge in [0.25, 0.3) is 0 Å². The van der Waals surface area contributed by atoms with E-state index in [2.05, 4.69) is 21.0 Å². The van der Waals surface area contributed by atoms with Crippen molar-refractivity contribution in [2.45, 2.75) is 6.92 Å². The van der Waals surface area contributed by atoms with Gasteiger partial charge < -0.3 is 20.3 Å². The molecule has 2 rings (SSSR count). The Labute approximate surface area is 118 Å². The van der Waals surface area contributed by atoms with Crippen LogP contribution in [0.5, 0.6) is 0 Å². The number of nitrogens with zero attached hydrogens (tertiary/aromatic N) is 6. The lowest BCUT2D eigenvalue weighted by Crippen LogP contribution is -2.38. The largest absolute Gasteiger partial charge is 0.378 e. The lowest BCUT2D eigenvalue weighted by atomic mass is 10.2. The highest BCUT2D eigenvalue weighted by molar-refractivity contribution is 5.43. The Morgan fingerprint density at radius 3 is 2.75 bits per heavy atom. The Balaban J connectivity index is 2.17. The van der Waals surface area contributed by atoms with Crippen LogP contribution < -0.4 is 15.5 Å². The lowest BCUT2D eigenvalue weighted by Gasteiger charge is -2.27. The summed E-state index contributed by atoms with van der Waals surface area (Å²) in [5.74, 6) is 1.13. The molecule has 1 atom stereocenters. The Bertz CT molecular complexity index is 495. The second-order valence-electron chi connectivity index (χ2n) is 4.80. The highest BCUT2D eigenvalue weighted by Gasteiger charge is 2.17. The second-order valence-corrected chi connectivity index (χ2v) is 4.80. The molecule has 0 radical (unpaired) electrons. The molecule has 8 heteroatoms. The van der Waals surface area contributed by atoms with Gasteiger partial charge in [-0.05, 0) is 6.92 Å². The van der Waals surface area contributed by atoms with Crippen molar-refractivity contribution in [1.29, 1.82) is 5.26 Å². The van der Waals surface area contributed by atoms with Crippen molar-refractivity contribution in [1.82, 2.24) is 15.0 Å². The molecule has 2 N–H and O–H groups in total. The van der Waals surface area contributed by atoms with Crippen LogP contribution in [0, 0.1) is 17.2 Å². The van der Waals surface area contributed by atoms with Gasteiger partial charge in [-0.25, -0.2) is 0 Å². The van der Waals surface area contributed by atoms with Crippen LogP contribution in [0.2, 0.25) is 0 Å². The summed E-state index contributed by atoms with van der Waals surface area (Å²) in [7, 11) is 1.84. The van der Waals surface area contributed by atoms with Crippen molar-refractivity contribution in [3.05, 3.63) is 0 Å². The predicted molar refractivity (Wildman–Crippen MR) is 75.3 cm³/mol. The molecule has 1 aromatic heterocycles. The minimum absolute atomic E-state index is 0.107. The molecular weight excluding hydrogens is 258 g/mol. The van der Waals surface area contributed by atoms with E-state index < -0.39 is 0 Å². The molecule has 0 spiro atoms. The van der Waals surface area contributed by atoms with E-state index in [1.807, 2.05) is 23.8 Å². The Kier molecular flexibility index (Phi) is 4.53. The molecule has 1 saturated heterocycles. The summed E-state index contributed by atoms with van der Waals surface area (Å²) in [6, 6.07) is 2.19. The predicted octanol–water partition coefficient (Wildman–Crippen LogP) is -0.114. The molecule has 108 valence electrons. The zero-order valence-corrected chi connectivity index (χ0v) is 11.8. The number of nitrogens with two attached hydrogens (primary N) is 1. The lowest BCUT2D eigenvalue weighted by molar-refractivity contribution is 0.122. The molecule has 0 bridgehead atoms. The fraction of sp³-hybridized carbons (Fsp3) is 0.667. The molecule has 0 aromatic carbocycles. The van der Waals surface area contributed by atoms with E-state index >= 15 is 0 Å². The first-order valence-electron chi connectivity index (χ1n) is 6.55. The average Bonchev–Trinajstić information content (AvgIpc) is 2.47. The van der Waals surface area contributed by atoms with Gasteiger partial charge in [0.15, 0.2) is 0 Å². The molecule has 1 aliphatic heterocycles. The Morgan fingerprint density at radius 1 is 1.40 bits per heavy atom. The summed E-state index contributed by atoms with van der Waals surface area (Å²) in [5.41, 5.74) is 5.76. The number of hydrogen-bond acceptors (Lipinski definition) is 8. The van der Waals surface area contributed by atoms with Crippen LogP contribution in [-0.4, -0.2) is 54.8 Å². The molecule has 2 heterocycles. The third kappa shape index (κ3) is 3.45. The van der Waals surface area contributed by atoms with E-state index in [-0.39, 0.29) is 11.9 Å². The summed E-state index contributed by atoms with van der Waals surface area (Å²) >= 11 is 0. The maximum absolute atomic E-state index is 8.87. The van der Waals surface area contributed by atoms with E-state index in [1.54, 1.807) is 0 Å². The van der Waals surface area contributed by atoms with E-state index in [9.17, 15) is 0 Å². The number of anilines is 3. The molecule has 0 amide bonds. The fourth-order valence-electron chi connectivity index (χ4n) is 1.98. The molecular formula is C12H19N7O. The molecule has 0 saturated carbocycles. The Hall–Kier alpha value is -2.14. The molecule has 1 aliphatic rings. The SMILES string of the molecule is CC(C#N)CN(C)c1nc(N)nc(N2CCOCC2)n1.